The Morgan fingerprint density at radius 3 is 2.65 bits per heavy atom. The van der Waals surface area contributed by atoms with E-state index in [2.05, 4.69) is 9.72 Å². The number of ether oxygens (including phenoxy) is 1. The zero-order chi connectivity index (χ0) is 13.2. The fourth-order valence-electron chi connectivity index (χ4n) is 1.11. The van der Waals surface area contributed by atoms with Crippen LogP contribution in [0.1, 0.15) is 11.3 Å². The molecule has 1 heterocycles. The summed E-state index contributed by atoms with van der Waals surface area (Å²) in [6, 6.07) is 0. The van der Waals surface area contributed by atoms with Gasteiger partial charge in [0.05, 0.1) is 18.3 Å². The van der Waals surface area contributed by atoms with Crippen LogP contribution >= 0.6 is 22.6 Å². The number of aromatic nitrogens is 1. The normalized spacial score (nSPS) is 11.4. The molecule has 0 fully saturated rings. The van der Waals surface area contributed by atoms with Gasteiger partial charge in [-0.05, 0) is 29.5 Å². The third-order valence-electron chi connectivity index (χ3n) is 1.83. The van der Waals surface area contributed by atoms with Crippen LogP contribution in [0.5, 0.6) is 5.75 Å². The van der Waals surface area contributed by atoms with Crippen LogP contribution in [0.4, 0.5) is 13.2 Å². The number of hydrogen-bond acceptors (Lipinski definition) is 3. The largest absolute Gasteiger partial charge is 0.573 e. The Morgan fingerprint density at radius 1 is 1.59 bits per heavy atom. The average molecular weight is 361 g/mol. The highest BCUT2D eigenvalue weighted by atomic mass is 127. The summed E-state index contributed by atoms with van der Waals surface area (Å²) in [6.45, 7) is 1.41. The minimum Gasteiger partial charge on any atom is -0.481 e. The van der Waals surface area contributed by atoms with E-state index in [-0.39, 0.29) is 17.7 Å². The molecular weight excluding hydrogens is 354 g/mol. The van der Waals surface area contributed by atoms with Gasteiger partial charge in [-0.15, -0.1) is 13.2 Å². The Labute approximate surface area is 108 Å². The van der Waals surface area contributed by atoms with Gasteiger partial charge >= 0.3 is 12.3 Å². The summed E-state index contributed by atoms with van der Waals surface area (Å²) in [5, 5.41) is 8.58. The minimum atomic E-state index is -4.79. The van der Waals surface area contributed by atoms with E-state index in [0.717, 1.165) is 6.20 Å². The Hall–Kier alpha value is -1.06. The highest BCUT2D eigenvalue weighted by molar-refractivity contribution is 14.1. The first-order valence-electron chi connectivity index (χ1n) is 4.32. The van der Waals surface area contributed by atoms with E-state index in [9.17, 15) is 18.0 Å². The molecule has 0 aromatic carbocycles. The second-order valence-electron chi connectivity index (χ2n) is 3.13. The molecule has 0 radical (unpaired) electrons. The lowest BCUT2D eigenvalue weighted by Gasteiger charge is -2.13. The van der Waals surface area contributed by atoms with Crippen molar-refractivity contribution >= 4 is 28.6 Å². The number of alkyl halides is 3. The van der Waals surface area contributed by atoms with Crippen molar-refractivity contribution in [3.63, 3.8) is 0 Å². The molecule has 0 spiro atoms. The standard InChI is InChI=1S/C9H7F3INO3/c1-4-6(17-9(10,11)12)3-14-5(8(4)13)2-7(15)16/h3H,2H2,1H3,(H,15,16). The summed E-state index contributed by atoms with van der Waals surface area (Å²) in [5.74, 6) is -1.52. The predicted molar refractivity (Wildman–Crippen MR) is 59.7 cm³/mol. The third-order valence-corrected chi connectivity index (χ3v) is 3.27. The van der Waals surface area contributed by atoms with Crippen molar-refractivity contribution in [1.29, 1.82) is 0 Å². The Balaban J connectivity index is 3.06. The van der Waals surface area contributed by atoms with E-state index >= 15 is 0 Å². The zero-order valence-electron chi connectivity index (χ0n) is 8.51. The van der Waals surface area contributed by atoms with Crippen molar-refractivity contribution in [3.8, 4) is 5.75 Å². The highest BCUT2D eigenvalue weighted by Gasteiger charge is 2.32. The second-order valence-corrected chi connectivity index (χ2v) is 4.21. The van der Waals surface area contributed by atoms with Crippen LogP contribution in [0.3, 0.4) is 0 Å². The van der Waals surface area contributed by atoms with E-state index in [1.54, 1.807) is 22.6 Å². The quantitative estimate of drug-likeness (QED) is 0.841. The van der Waals surface area contributed by atoms with Gasteiger partial charge in [-0.25, -0.2) is 0 Å². The fourth-order valence-corrected chi connectivity index (χ4v) is 1.70. The van der Waals surface area contributed by atoms with Gasteiger partial charge in [0.1, 0.15) is 0 Å². The lowest BCUT2D eigenvalue weighted by Crippen LogP contribution is -2.18. The van der Waals surface area contributed by atoms with Gasteiger partial charge in [0, 0.05) is 9.13 Å². The fraction of sp³-hybridized carbons (Fsp3) is 0.333. The van der Waals surface area contributed by atoms with Crippen LogP contribution in [-0.2, 0) is 11.2 Å². The molecule has 0 aliphatic heterocycles. The molecule has 0 unspecified atom stereocenters. The first-order chi connectivity index (χ1) is 7.70. The number of carboxylic acid groups (broad SMARTS) is 1. The van der Waals surface area contributed by atoms with E-state index < -0.39 is 18.1 Å². The number of aliphatic carboxylic acids is 1. The number of halogens is 4. The average Bonchev–Trinajstić information content (AvgIpc) is 2.15. The van der Waals surface area contributed by atoms with Gasteiger partial charge in [-0.1, -0.05) is 0 Å². The van der Waals surface area contributed by atoms with Crippen molar-refractivity contribution in [3.05, 3.63) is 21.0 Å². The van der Waals surface area contributed by atoms with Gasteiger partial charge in [0.15, 0.2) is 5.75 Å². The molecule has 1 N–H and O–H groups in total. The van der Waals surface area contributed by atoms with E-state index in [1.165, 1.54) is 6.92 Å². The van der Waals surface area contributed by atoms with Crippen molar-refractivity contribution in [2.45, 2.75) is 19.7 Å². The summed E-state index contributed by atoms with van der Waals surface area (Å²) >= 11 is 1.74. The lowest BCUT2D eigenvalue weighted by molar-refractivity contribution is -0.275. The van der Waals surface area contributed by atoms with Crippen molar-refractivity contribution in [2.24, 2.45) is 0 Å². The molecule has 0 amide bonds. The second kappa shape index (κ2) is 5.07. The Bertz CT molecular complexity index is 448. The third kappa shape index (κ3) is 4.02. The lowest BCUT2D eigenvalue weighted by atomic mass is 10.2. The number of rotatable bonds is 3. The first-order valence-corrected chi connectivity index (χ1v) is 5.40. The van der Waals surface area contributed by atoms with Crippen LogP contribution < -0.4 is 4.74 Å². The minimum absolute atomic E-state index is 0.213. The molecule has 17 heavy (non-hydrogen) atoms. The monoisotopic (exact) mass is 361 g/mol. The summed E-state index contributed by atoms with van der Waals surface area (Å²) in [4.78, 5) is 14.1. The van der Waals surface area contributed by atoms with Gasteiger partial charge < -0.3 is 9.84 Å². The maximum absolute atomic E-state index is 12.0. The maximum atomic E-state index is 12.0. The number of carboxylic acids is 1. The van der Waals surface area contributed by atoms with Gasteiger partial charge in [-0.3, -0.25) is 9.78 Å². The number of nitrogens with zero attached hydrogens (tertiary/aromatic N) is 1. The Kier molecular flexibility index (Phi) is 4.17. The molecule has 0 bridgehead atoms. The summed E-state index contributed by atoms with van der Waals surface area (Å²) < 4.78 is 40.2. The van der Waals surface area contributed by atoms with Crippen molar-refractivity contribution in [2.75, 3.05) is 0 Å². The van der Waals surface area contributed by atoms with Crippen molar-refractivity contribution < 1.29 is 27.8 Å². The predicted octanol–water partition coefficient (Wildman–Crippen LogP) is 2.52. The highest BCUT2D eigenvalue weighted by Crippen LogP contribution is 2.29. The topological polar surface area (TPSA) is 59.4 Å². The number of hydrogen-bond donors (Lipinski definition) is 1. The van der Waals surface area contributed by atoms with Crippen molar-refractivity contribution in [1.82, 2.24) is 4.98 Å². The molecule has 0 saturated carbocycles. The molecule has 94 valence electrons. The Morgan fingerprint density at radius 2 is 2.18 bits per heavy atom. The molecule has 1 aromatic heterocycles. The SMILES string of the molecule is Cc1c(OC(F)(F)F)cnc(CC(=O)O)c1I. The van der Waals surface area contributed by atoms with Gasteiger partial charge in [0.2, 0.25) is 0 Å². The molecular formula is C9H7F3INO3. The van der Waals surface area contributed by atoms with Crippen LogP contribution in [0, 0.1) is 10.5 Å². The first kappa shape index (κ1) is 14.0. The van der Waals surface area contributed by atoms with E-state index in [0.29, 0.717) is 3.57 Å². The van der Waals surface area contributed by atoms with Crippen LogP contribution in [0.2, 0.25) is 0 Å². The summed E-state index contributed by atoms with van der Waals surface area (Å²) in [7, 11) is 0. The summed E-state index contributed by atoms with van der Waals surface area (Å²) in [5.41, 5.74) is 0.430. The van der Waals surface area contributed by atoms with Crippen LogP contribution in [-0.4, -0.2) is 22.4 Å². The molecule has 1 aromatic rings. The van der Waals surface area contributed by atoms with Crippen LogP contribution in [0.25, 0.3) is 0 Å². The zero-order valence-corrected chi connectivity index (χ0v) is 10.7. The number of pyridine rings is 1. The molecule has 0 aliphatic carbocycles. The molecule has 0 aliphatic rings. The maximum Gasteiger partial charge on any atom is 0.573 e. The smallest absolute Gasteiger partial charge is 0.481 e. The molecule has 1 rings (SSSR count). The molecule has 0 saturated heterocycles. The molecule has 0 atom stereocenters. The van der Waals surface area contributed by atoms with Crippen LogP contribution in [0.15, 0.2) is 6.20 Å². The summed E-state index contributed by atoms with van der Waals surface area (Å²) in [6.07, 6.45) is -4.25. The molecule has 4 nitrogen and oxygen atoms in total. The number of carbonyl (C=O) groups is 1. The van der Waals surface area contributed by atoms with E-state index in [4.69, 9.17) is 5.11 Å². The van der Waals surface area contributed by atoms with E-state index in [1.807, 2.05) is 0 Å². The van der Waals surface area contributed by atoms with Gasteiger partial charge in [0.25, 0.3) is 0 Å². The molecule has 8 heteroatoms. The van der Waals surface area contributed by atoms with Gasteiger partial charge in [-0.2, -0.15) is 0 Å².